The summed E-state index contributed by atoms with van der Waals surface area (Å²) in [6.45, 7) is 1.71. The summed E-state index contributed by atoms with van der Waals surface area (Å²) in [6.07, 6.45) is 6.77. The molecule has 1 heterocycles. The van der Waals surface area contributed by atoms with E-state index >= 15 is 0 Å². The topological polar surface area (TPSA) is 46.9 Å². The molecule has 0 atom stereocenters. The van der Waals surface area contributed by atoms with Crippen LogP contribution in [0, 0.1) is 25.1 Å². The maximum Gasteiger partial charge on any atom is 0.259 e. The van der Waals surface area contributed by atoms with E-state index in [1.165, 1.54) is 16.9 Å². The van der Waals surface area contributed by atoms with Crippen molar-refractivity contribution in [3.05, 3.63) is 77.4 Å². The molecular formula is C19H14FN3O. The monoisotopic (exact) mass is 319 g/mol. The van der Waals surface area contributed by atoms with Crippen LogP contribution in [0.1, 0.15) is 21.6 Å². The Morgan fingerprint density at radius 3 is 2.79 bits per heavy atom. The third kappa shape index (κ3) is 2.90. The highest BCUT2D eigenvalue weighted by Gasteiger charge is 2.17. The van der Waals surface area contributed by atoms with Crippen LogP contribution in [0.4, 0.5) is 10.1 Å². The maximum absolute atomic E-state index is 13.9. The number of carbonyl (C=O) groups excluding carboxylic acids is 1. The Morgan fingerprint density at radius 2 is 2.04 bits per heavy atom. The number of carbonyl (C=O) groups is 1. The normalized spacial score (nSPS) is 10.2. The number of terminal acetylenes is 1. The van der Waals surface area contributed by atoms with E-state index in [-0.39, 0.29) is 5.91 Å². The SMILES string of the molecule is C#Cc1cccc(NC(=O)c2cnn(-c3ccccc3F)c2C)c1. The van der Waals surface area contributed by atoms with Crippen molar-refractivity contribution >= 4 is 11.6 Å². The van der Waals surface area contributed by atoms with E-state index in [0.717, 1.165) is 0 Å². The molecule has 0 saturated carbocycles. The first-order valence-electron chi connectivity index (χ1n) is 7.27. The van der Waals surface area contributed by atoms with E-state index in [4.69, 9.17) is 6.42 Å². The van der Waals surface area contributed by atoms with Crippen LogP contribution in [0.25, 0.3) is 5.69 Å². The van der Waals surface area contributed by atoms with Crippen molar-refractivity contribution in [1.29, 1.82) is 0 Å². The van der Waals surface area contributed by atoms with Crippen LogP contribution in [0.3, 0.4) is 0 Å². The summed E-state index contributed by atoms with van der Waals surface area (Å²) in [5, 5.41) is 6.90. The Hall–Kier alpha value is -3.39. The number of halogens is 1. The van der Waals surface area contributed by atoms with E-state index < -0.39 is 5.82 Å². The fourth-order valence-corrected chi connectivity index (χ4v) is 2.38. The van der Waals surface area contributed by atoms with Gasteiger partial charge in [0, 0.05) is 11.3 Å². The predicted molar refractivity (Wildman–Crippen MR) is 90.6 cm³/mol. The van der Waals surface area contributed by atoms with Gasteiger partial charge in [-0.05, 0) is 37.3 Å². The van der Waals surface area contributed by atoms with E-state index in [0.29, 0.717) is 28.2 Å². The highest BCUT2D eigenvalue weighted by Crippen LogP contribution is 2.18. The molecule has 3 rings (SSSR count). The van der Waals surface area contributed by atoms with Gasteiger partial charge >= 0.3 is 0 Å². The summed E-state index contributed by atoms with van der Waals surface area (Å²) in [4.78, 5) is 12.5. The molecule has 1 amide bonds. The molecule has 2 aromatic carbocycles. The average molecular weight is 319 g/mol. The number of benzene rings is 2. The second kappa shape index (κ2) is 6.39. The summed E-state index contributed by atoms with van der Waals surface area (Å²) >= 11 is 0. The first-order chi connectivity index (χ1) is 11.6. The minimum Gasteiger partial charge on any atom is -0.322 e. The van der Waals surface area contributed by atoms with Crippen molar-refractivity contribution in [3.8, 4) is 18.0 Å². The number of hydrogen-bond acceptors (Lipinski definition) is 2. The molecule has 3 aromatic rings. The molecule has 1 N–H and O–H groups in total. The number of aromatic nitrogens is 2. The molecule has 4 nitrogen and oxygen atoms in total. The van der Waals surface area contributed by atoms with Crippen molar-refractivity contribution in [3.63, 3.8) is 0 Å². The van der Waals surface area contributed by atoms with E-state index in [1.54, 1.807) is 49.4 Å². The summed E-state index contributed by atoms with van der Waals surface area (Å²) in [7, 11) is 0. The summed E-state index contributed by atoms with van der Waals surface area (Å²) in [5.74, 6) is 1.78. The lowest BCUT2D eigenvalue weighted by Crippen LogP contribution is -2.13. The molecule has 0 radical (unpaired) electrons. The van der Waals surface area contributed by atoms with Gasteiger partial charge in [0.05, 0.1) is 17.5 Å². The zero-order valence-corrected chi connectivity index (χ0v) is 13.0. The minimum atomic E-state index is -0.405. The van der Waals surface area contributed by atoms with Gasteiger partial charge in [-0.25, -0.2) is 9.07 Å². The molecule has 5 heteroatoms. The molecule has 0 aliphatic heterocycles. The minimum absolute atomic E-state index is 0.295. The lowest BCUT2D eigenvalue weighted by Gasteiger charge is -2.07. The summed E-state index contributed by atoms with van der Waals surface area (Å²) in [5.41, 5.74) is 2.47. The number of nitrogens with zero attached hydrogens (tertiary/aromatic N) is 2. The Kier molecular flexibility index (Phi) is 4.13. The van der Waals surface area contributed by atoms with Gasteiger partial charge in [-0.3, -0.25) is 4.79 Å². The second-order valence-corrected chi connectivity index (χ2v) is 5.19. The second-order valence-electron chi connectivity index (χ2n) is 5.19. The molecule has 0 fully saturated rings. The van der Waals surface area contributed by atoms with Crippen LogP contribution < -0.4 is 5.32 Å². The number of anilines is 1. The highest BCUT2D eigenvalue weighted by atomic mass is 19.1. The van der Waals surface area contributed by atoms with Gasteiger partial charge in [-0.2, -0.15) is 5.10 Å². The van der Waals surface area contributed by atoms with Gasteiger partial charge in [0.25, 0.3) is 5.91 Å². The maximum atomic E-state index is 13.9. The smallest absolute Gasteiger partial charge is 0.259 e. The van der Waals surface area contributed by atoms with Crippen LogP contribution in [-0.4, -0.2) is 15.7 Å². The summed E-state index contributed by atoms with van der Waals surface area (Å²) < 4.78 is 15.3. The number of nitrogens with one attached hydrogen (secondary N) is 1. The Bertz CT molecular complexity index is 953. The van der Waals surface area contributed by atoms with Crippen LogP contribution in [-0.2, 0) is 0 Å². The van der Waals surface area contributed by atoms with Crippen molar-refractivity contribution in [2.75, 3.05) is 5.32 Å². The van der Waals surface area contributed by atoms with E-state index in [1.807, 2.05) is 0 Å². The standard InChI is InChI=1S/C19H14FN3O/c1-3-14-7-6-8-15(11-14)22-19(24)16-12-21-23(13(16)2)18-10-5-4-9-17(18)20/h1,4-12H,2H3,(H,22,24). The molecule has 1 aromatic heterocycles. The van der Waals surface area contributed by atoms with Crippen LogP contribution in [0.5, 0.6) is 0 Å². The third-order valence-corrected chi connectivity index (χ3v) is 3.62. The fraction of sp³-hybridized carbons (Fsp3) is 0.0526. The van der Waals surface area contributed by atoms with Crippen molar-refractivity contribution in [2.45, 2.75) is 6.92 Å². The van der Waals surface area contributed by atoms with E-state index in [2.05, 4.69) is 16.3 Å². The van der Waals surface area contributed by atoms with Crippen LogP contribution in [0.2, 0.25) is 0 Å². The van der Waals surface area contributed by atoms with Gasteiger partial charge in [0.15, 0.2) is 0 Å². The van der Waals surface area contributed by atoms with Gasteiger partial charge in [0.1, 0.15) is 11.5 Å². The number of hydrogen-bond donors (Lipinski definition) is 1. The molecule has 0 saturated heterocycles. The third-order valence-electron chi connectivity index (χ3n) is 3.62. The Morgan fingerprint density at radius 1 is 1.25 bits per heavy atom. The Labute approximate surface area is 138 Å². The first-order valence-corrected chi connectivity index (χ1v) is 7.27. The number of amides is 1. The first kappa shape index (κ1) is 15.5. The molecule has 24 heavy (non-hydrogen) atoms. The molecule has 0 aliphatic rings. The summed E-state index contributed by atoms with van der Waals surface area (Å²) in [6, 6.07) is 13.3. The zero-order valence-electron chi connectivity index (χ0n) is 13.0. The van der Waals surface area contributed by atoms with Gasteiger partial charge in [-0.15, -0.1) is 6.42 Å². The molecule has 0 bridgehead atoms. The lowest BCUT2D eigenvalue weighted by atomic mass is 10.2. The predicted octanol–water partition coefficient (Wildman–Crippen LogP) is 3.55. The fourth-order valence-electron chi connectivity index (χ4n) is 2.38. The van der Waals surface area contributed by atoms with Crippen molar-refractivity contribution in [2.24, 2.45) is 0 Å². The van der Waals surface area contributed by atoms with Crippen molar-refractivity contribution < 1.29 is 9.18 Å². The highest BCUT2D eigenvalue weighted by molar-refractivity contribution is 6.05. The van der Waals surface area contributed by atoms with Crippen LogP contribution in [0.15, 0.2) is 54.7 Å². The molecule has 0 unspecified atom stereocenters. The molecular weight excluding hydrogens is 305 g/mol. The molecule has 0 aliphatic carbocycles. The van der Waals surface area contributed by atoms with Gasteiger partial charge in [-0.1, -0.05) is 24.1 Å². The van der Waals surface area contributed by atoms with Crippen LogP contribution >= 0.6 is 0 Å². The average Bonchev–Trinajstić information content (AvgIpc) is 2.97. The van der Waals surface area contributed by atoms with E-state index in [9.17, 15) is 9.18 Å². The Balaban J connectivity index is 1.89. The van der Waals surface area contributed by atoms with Gasteiger partial charge < -0.3 is 5.32 Å². The molecule has 0 spiro atoms. The largest absolute Gasteiger partial charge is 0.322 e. The number of para-hydroxylation sites is 1. The van der Waals surface area contributed by atoms with Crippen molar-refractivity contribution in [1.82, 2.24) is 9.78 Å². The zero-order chi connectivity index (χ0) is 17.1. The quantitative estimate of drug-likeness (QED) is 0.751. The van der Waals surface area contributed by atoms with Gasteiger partial charge in [0.2, 0.25) is 0 Å². The molecule has 118 valence electrons. The lowest BCUT2D eigenvalue weighted by molar-refractivity contribution is 0.102. The number of rotatable bonds is 3.